The number of carbonyl (C=O) groups excluding carboxylic acids is 2. The lowest BCUT2D eigenvalue weighted by Gasteiger charge is -2.55. The lowest BCUT2D eigenvalue weighted by molar-refractivity contribution is -0.124. The maximum Gasteiger partial charge on any atom is 0.410 e. The van der Waals surface area contributed by atoms with E-state index in [4.69, 9.17) is 19.6 Å². The zero-order valence-corrected chi connectivity index (χ0v) is 30.8. The van der Waals surface area contributed by atoms with Gasteiger partial charge in [-0.1, -0.05) is 19.1 Å². The summed E-state index contributed by atoms with van der Waals surface area (Å²) >= 11 is 0. The van der Waals surface area contributed by atoms with Crippen molar-refractivity contribution in [1.82, 2.24) is 19.7 Å². The maximum atomic E-state index is 14.7. The molecular weight excluding hydrogens is 638 g/mol. The van der Waals surface area contributed by atoms with Crippen molar-refractivity contribution in [1.29, 1.82) is 0 Å². The first kappa shape index (κ1) is 34.2. The molecule has 0 atom stereocenters. The molecule has 0 radical (unpaired) electrons. The Morgan fingerprint density at radius 2 is 1.69 bits per heavy atom. The van der Waals surface area contributed by atoms with Crippen LogP contribution < -0.4 is 9.64 Å². The number of rotatable bonds is 10. The Kier molecular flexibility index (Phi) is 9.34. The first-order valence-corrected chi connectivity index (χ1v) is 19.7. The van der Waals surface area contributed by atoms with E-state index < -0.39 is 0 Å². The number of ether oxygens (including phenoxy) is 2. The van der Waals surface area contributed by atoms with Gasteiger partial charge < -0.3 is 14.4 Å². The number of anilines is 1. The highest BCUT2D eigenvalue weighted by Crippen LogP contribution is 2.58. The Balaban J connectivity index is 0.996. The monoisotopic (exact) mass is 693 g/mol. The van der Waals surface area contributed by atoms with E-state index in [1.165, 1.54) is 30.4 Å². The van der Waals surface area contributed by atoms with Crippen LogP contribution in [-0.4, -0.2) is 64.5 Å². The molecule has 0 unspecified atom stereocenters. The van der Waals surface area contributed by atoms with Crippen LogP contribution in [0.1, 0.15) is 114 Å². The molecule has 6 fully saturated rings. The van der Waals surface area contributed by atoms with Crippen LogP contribution in [0, 0.1) is 24.2 Å². The van der Waals surface area contributed by atoms with Crippen molar-refractivity contribution in [3.05, 3.63) is 60.0 Å². The van der Waals surface area contributed by atoms with Crippen molar-refractivity contribution in [3.8, 4) is 16.9 Å². The summed E-state index contributed by atoms with van der Waals surface area (Å²) in [5, 5.41) is 4.69. The topological polar surface area (TPSA) is 89.8 Å². The fourth-order valence-electron chi connectivity index (χ4n) is 9.67. The number of hydrogen-bond acceptors (Lipinski definition) is 6. The highest BCUT2D eigenvalue weighted by atomic mass is 16.6. The fraction of sp³-hybridized carbons (Fsp3) is 0.619. The fourth-order valence-corrected chi connectivity index (χ4v) is 9.67. The van der Waals surface area contributed by atoms with E-state index >= 15 is 0 Å². The van der Waals surface area contributed by atoms with Gasteiger partial charge in [-0.2, -0.15) is 5.10 Å². The van der Waals surface area contributed by atoms with Crippen LogP contribution in [0.3, 0.4) is 0 Å². The number of aromatic nitrogens is 3. The Labute approximate surface area is 303 Å². The zero-order chi connectivity index (χ0) is 35.2. The smallest absolute Gasteiger partial charge is 0.410 e. The number of fused-ring (bicyclic) bond motifs is 3. The lowest BCUT2D eigenvalue weighted by atomic mass is 9.51. The van der Waals surface area contributed by atoms with Crippen molar-refractivity contribution < 1.29 is 19.1 Å². The van der Waals surface area contributed by atoms with Crippen LogP contribution >= 0.6 is 0 Å². The van der Waals surface area contributed by atoms with Gasteiger partial charge in [0.05, 0.1) is 19.3 Å². The summed E-state index contributed by atoms with van der Waals surface area (Å²) in [6, 6.07) is 11.4. The number of benzene rings is 1. The number of hydrogen-bond donors (Lipinski definition) is 0. The summed E-state index contributed by atoms with van der Waals surface area (Å²) in [7, 11) is 1.74. The Bertz CT molecular complexity index is 1710. The minimum absolute atomic E-state index is 0.0754. The summed E-state index contributed by atoms with van der Waals surface area (Å²) in [4.78, 5) is 36.2. The average Bonchev–Trinajstić information content (AvgIpc) is 3.60. The van der Waals surface area contributed by atoms with Crippen molar-refractivity contribution in [2.45, 2.75) is 121 Å². The van der Waals surface area contributed by atoms with E-state index in [0.717, 1.165) is 106 Å². The number of likely N-dealkylation sites (tertiary alicyclic amines) is 1. The van der Waals surface area contributed by atoms with Crippen LogP contribution in [0.15, 0.2) is 48.9 Å². The van der Waals surface area contributed by atoms with Gasteiger partial charge in [0.15, 0.2) is 0 Å². The number of carbonyl (C=O) groups is 2. The SMILES string of the molecule is CCC1CN(C(=O)OC2CCC(C(=O)N(CC34CCC(c5ccc(OC)c(C)c5)(CC3)CC4)c3cc(-c4cnn(C5CCC5)c4)ccn3)CC2)C1. The molecule has 9 heteroatoms. The molecule has 1 aliphatic heterocycles. The van der Waals surface area contributed by atoms with Crippen LogP contribution in [0.2, 0.25) is 0 Å². The average molecular weight is 694 g/mol. The van der Waals surface area contributed by atoms with Crippen LogP contribution in [-0.2, 0) is 14.9 Å². The van der Waals surface area contributed by atoms with Gasteiger partial charge in [-0.3, -0.25) is 14.4 Å². The molecule has 3 aromatic rings. The van der Waals surface area contributed by atoms with E-state index in [-0.39, 0.29) is 34.9 Å². The van der Waals surface area contributed by atoms with Gasteiger partial charge in [-0.05, 0) is 148 Å². The minimum atomic E-state index is -0.188. The molecule has 9 rings (SSSR count). The molecule has 3 heterocycles. The van der Waals surface area contributed by atoms with E-state index in [0.29, 0.717) is 18.5 Å². The summed E-state index contributed by atoms with van der Waals surface area (Å²) in [5.41, 5.74) is 5.04. The van der Waals surface area contributed by atoms with Crippen LogP contribution in [0.5, 0.6) is 5.75 Å². The van der Waals surface area contributed by atoms with Crippen LogP contribution in [0.25, 0.3) is 11.1 Å². The predicted molar refractivity (Wildman–Crippen MR) is 198 cm³/mol. The van der Waals surface area contributed by atoms with Gasteiger partial charge in [0.25, 0.3) is 0 Å². The molecular formula is C42H55N5O4. The number of pyridine rings is 1. The van der Waals surface area contributed by atoms with E-state index in [1.807, 2.05) is 23.4 Å². The van der Waals surface area contributed by atoms with Gasteiger partial charge in [0.2, 0.25) is 5.91 Å². The Morgan fingerprint density at radius 1 is 0.941 bits per heavy atom. The van der Waals surface area contributed by atoms with Crippen molar-refractivity contribution >= 4 is 17.8 Å². The normalized spacial score (nSPS) is 27.8. The van der Waals surface area contributed by atoms with Gasteiger partial charge in [-0.15, -0.1) is 0 Å². The second-order valence-electron chi connectivity index (χ2n) is 16.6. The summed E-state index contributed by atoms with van der Waals surface area (Å²) in [6.07, 6.45) is 20.0. The standard InChI is InChI=1S/C42H55N5O4/c1-4-30-25-45(26-30)40(49)51-36-11-8-31(9-12-36)39(48)46(38-23-32(14-21-43-38)33-24-44-47(27-33)35-6-5-7-35)28-41-15-18-42(19-16-41,20-17-41)34-10-13-37(50-3)29(2)22-34/h10,13-14,21-24,27,30-31,35-36H,4-9,11-12,15-20,25-26,28H2,1-3H3. The predicted octanol–water partition coefficient (Wildman–Crippen LogP) is 8.65. The second-order valence-corrected chi connectivity index (χ2v) is 16.6. The minimum Gasteiger partial charge on any atom is -0.496 e. The van der Waals surface area contributed by atoms with Crippen LogP contribution in [0.4, 0.5) is 10.6 Å². The summed E-state index contributed by atoms with van der Waals surface area (Å²) in [5.74, 6) is 2.35. The Morgan fingerprint density at radius 3 is 2.33 bits per heavy atom. The van der Waals surface area contributed by atoms with E-state index in [9.17, 15) is 9.59 Å². The summed E-state index contributed by atoms with van der Waals surface area (Å²) in [6.45, 7) is 6.61. The molecule has 51 heavy (non-hydrogen) atoms. The highest BCUT2D eigenvalue weighted by molar-refractivity contribution is 5.95. The van der Waals surface area contributed by atoms with Gasteiger partial charge >= 0.3 is 6.09 Å². The maximum absolute atomic E-state index is 14.7. The molecule has 5 saturated carbocycles. The van der Waals surface area contributed by atoms with Crippen molar-refractivity contribution in [3.63, 3.8) is 0 Å². The molecule has 9 nitrogen and oxygen atoms in total. The third-order valence-corrected chi connectivity index (χ3v) is 13.7. The molecule has 5 aliphatic carbocycles. The van der Waals surface area contributed by atoms with Gasteiger partial charge in [0, 0.05) is 43.5 Å². The molecule has 2 bridgehead atoms. The molecule has 0 spiro atoms. The number of amides is 2. The molecule has 2 aromatic heterocycles. The quantitative estimate of drug-likeness (QED) is 0.211. The second kappa shape index (κ2) is 13.9. The molecule has 6 aliphatic rings. The largest absolute Gasteiger partial charge is 0.496 e. The first-order valence-electron chi connectivity index (χ1n) is 19.7. The van der Waals surface area contributed by atoms with E-state index in [1.54, 1.807) is 7.11 Å². The Hall–Kier alpha value is -3.88. The van der Waals surface area contributed by atoms with Crippen molar-refractivity contribution in [2.75, 3.05) is 31.6 Å². The molecule has 1 aromatic carbocycles. The van der Waals surface area contributed by atoms with E-state index in [2.05, 4.69) is 53.9 Å². The highest BCUT2D eigenvalue weighted by Gasteiger charge is 2.51. The molecule has 0 N–H and O–H groups in total. The number of methoxy groups -OCH3 is 1. The number of nitrogens with zero attached hydrogens (tertiary/aromatic N) is 5. The zero-order valence-electron chi connectivity index (χ0n) is 30.8. The van der Waals surface area contributed by atoms with Crippen molar-refractivity contribution in [2.24, 2.45) is 17.3 Å². The third kappa shape index (κ3) is 6.66. The molecule has 1 saturated heterocycles. The van der Waals surface area contributed by atoms with Gasteiger partial charge in [0.1, 0.15) is 17.7 Å². The number of aryl methyl sites for hydroxylation is 1. The molecule has 2 amide bonds. The molecule has 272 valence electrons. The summed E-state index contributed by atoms with van der Waals surface area (Å²) < 4.78 is 13.6. The first-order chi connectivity index (χ1) is 24.8. The lowest BCUT2D eigenvalue weighted by Crippen LogP contribution is -2.52. The van der Waals surface area contributed by atoms with Gasteiger partial charge in [-0.25, -0.2) is 9.78 Å². The third-order valence-electron chi connectivity index (χ3n) is 13.7.